The van der Waals surface area contributed by atoms with Crippen molar-refractivity contribution < 1.29 is 14.3 Å². The number of nitrogens with zero attached hydrogens (tertiary/aromatic N) is 3. The van der Waals surface area contributed by atoms with E-state index in [-0.39, 0.29) is 11.9 Å². The summed E-state index contributed by atoms with van der Waals surface area (Å²) in [5, 5.41) is 11.6. The largest absolute Gasteiger partial charge is 0.469 e. The van der Waals surface area contributed by atoms with Crippen LogP contribution in [0, 0.1) is 20.8 Å². The molecule has 0 unspecified atom stereocenters. The van der Waals surface area contributed by atoms with Crippen LogP contribution in [0.25, 0.3) is 5.69 Å². The Kier molecular flexibility index (Phi) is 7.52. The Hall–Kier alpha value is -2.70. The number of aryl methyl sites for hydroxylation is 3. The first-order valence-electron chi connectivity index (χ1n) is 9.29. The van der Waals surface area contributed by atoms with Crippen molar-refractivity contribution in [3.05, 3.63) is 40.7 Å². The molecule has 146 valence electrons. The average molecular weight is 372 g/mol. The summed E-state index contributed by atoms with van der Waals surface area (Å²) in [6.45, 7) is 6.40. The zero-order valence-electron chi connectivity index (χ0n) is 16.5. The van der Waals surface area contributed by atoms with Crippen LogP contribution in [0.4, 0.5) is 0 Å². The number of carbonyl (C=O) groups is 2. The molecular formula is C20H28N4O3. The lowest BCUT2D eigenvalue weighted by Gasteiger charge is -2.05. The molecule has 0 aliphatic heterocycles. The monoisotopic (exact) mass is 372 g/mol. The van der Waals surface area contributed by atoms with E-state index in [2.05, 4.69) is 26.3 Å². The van der Waals surface area contributed by atoms with Gasteiger partial charge in [-0.1, -0.05) is 30.5 Å². The number of carbonyl (C=O) groups excluding carboxylic acids is 2. The molecule has 7 heteroatoms. The molecule has 27 heavy (non-hydrogen) atoms. The number of methoxy groups -OCH3 is 1. The molecule has 0 bridgehead atoms. The normalized spacial score (nSPS) is 10.7. The summed E-state index contributed by atoms with van der Waals surface area (Å²) in [5.74, 6) is -0.385. The van der Waals surface area contributed by atoms with Gasteiger partial charge in [-0.3, -0.25) is 9.59 Å². The van der Waals surface area contributed by atoms with E-state index in [1.54, 1.807) is 6.92 Å². The predicted octanol–water partition coefficient (Wildman–Crippen LogP) is 3.05. The lowest BCUT2D eigenvalue weighted by atomic mass is 10.1. The van der Waals surface area contributed by atoms with Gasteiger partial charge in [-0.05, 0) is 45.2 Å². The SMILES string of the molecule is COC(=O)CCCCCCNC(=O)c1nn(-c2ccc(C)cc2C)nc1C. The van der Waals surface area contributed by atoms with Gasteiger partial charge in [0.1, 0.15) is 0 Å². The van der Waals surface area contributed by atoms with Crippen LogP contribution >= 0.6 is 0 Å². The highest BCUT2D eigenvalue weighted by molar-refractivity contribution is 5.93. The molecule has 0 spiro atoms. The van der Waals surface area contributed by atoms with Gasteiger partial charge in [0, 0.05) is 13.0 Å². The van der Waals surface area contributed by atoms with E-state index in [0.29, 0.717) is 24.4 Å². The third-order valence-electron chi connectivity index (χ3n) is 4.39. The number of hydrogen-bond acceptors (Lipinski definition) is 5. The fraction of sp³-hybridized carbons (Fsp3) is 0.500. The van der Waals surface area contributed by atoms with Gasteiger partial charge in [-0.15, -0.1) is 5.10 Å². The van der Waals surface area contributed by atoms with Crippen molar-refractivity contribution in [2.45, 2.75) is 52.9 Å². The topological polar surface area (TPSA) is 86.1 Å². The van der Waals surface area contributed by atoms with Crippen molar-refractivity contribution in [1.82, 2.24) is 20.3 Å². The molecule has 0 fully saturated rings. The number of esters is 1. The van der Waals surface area contributed by atoms with E-state index >= 15 is 0 Å². The predicted molar refractivity (Wildman–Crippen MR) is 103 cm³/mol. The number of amides is 1. The van der Waals surface area contributed by atoms with Crippen molar-refractivity contribution >= 4 is 11.9 Å². The van der Waals surface area contributed by atoms with E-state index in [0.717, 1.165) is 36.9 Å². The Bertz CT molecular complexity index is 799. The average Bonchev–Trinajstić information content (AvgIpc) is 3.01. The third-order valence-corrected chi connectivity index (χ3v) is 4.39. The zero-order valence-corrected chi connectivity index (χ0v) is 16.5. The second kappa shape index (κ2) is 9.85. The van der Waals surface area contributed by atoms with Gasteiger partial charge in [0.2, 0.25) is 0 Å². The van der Waals surface area contributed by atoms with Gasteiger partial charge in [0.15, 0.2) is 5.69 Å². The van der Waals surface area contributed by atoms with Gasteiger partial charge in [0.25, 0.3) is 5.91 Å². The van der Waals surface area contributed by atoms with Crippen LogP contribution in [0.2, 0.25) is 0 Å². The van der Waals surface area contributed by atoms with Crippen LogP contribution in [-0.4, -0.2) is 40.5 Å². The molecule has 1 aromatic heterocycles. The summed E-state index contributed by atoms with van der Waals surface area (Å²) in [6, 6.07) is 6.02. The van der Waals surface area contributed by atoms with Gasteiger partial charge >= 0.3 is 5.97 Å². The van der Waals surface area contributed by atoms with Crippen molar-refractivity contribution in [2.24, 2.45) is 0 Å². The molecule has 1 aromatic carbocycles. The number of unbranched alkanes of at least 4 members (excludes halogenated alkanes) is 3. The van der Waals surface area contributed by atoms with Crippen LogP contribution < -0.4 is 5.32 Å². The Labute approximate surface area is 160 Å². The van der Waals surface area contributed by atoms with Crippen molar-refractivity contribution in [3.63, 3.8) is 0 Å². The number of aromatic nitrogens is 3. The lowest BCUT2D eigenvalue weighted by molar-refractivity contribution is -0.140. The summed E-state index contributed by atoms with van der Waals surface area (Å²) in [5.41, 5.74) is 4.05. The highest BCUT2D eigenvalue weighted by Crippen LogP contribution is 2.15. The van der Waals surface area contributed by atoms with Crippen LogP contribution in [0.5, 0.6) is 0 Å². The summed E-state index contributed by atoms with van der Waals surface area (Å²) >= 11 is 0. The number of hydrogen-bond donors (Lipinski definition) is 1. The Morgan fingerprint density at radius 2 is 1.81 bits per heavy atom. The fourth-order valence-corrected chi connectivity index (χ4v) is 2.86. The standard InChI is InChI=1S/C20H28N4O3/c1-14-10-11-17(15(2)13-14)24-22-16(3)19(23-24)20(26)21-12-8-6-5-7-9-18(25)27-4/h10-11,13H,5-9,12H2,1-4H3,(H,21,26). The van der Waals surface area contributed by atoms with Crippen LogP contribution in [0.1, 0.15) is 59.4 Å². The fourth-order valence-electron chi connectivity index (χ4n) is 2.86. The minimum atomic E-state index is -0.210. The number of rotatable bonds is 9. The molecule has 0 aliphatic rings. The summed E-state index contributed by atoms with van der Waals surface area (Å²) in [4.78, 5) is 24.9. The van der Waals surface area contributed by atoms with Gasteiger partial charge < -0.3 is 10.1 Å². The van der Waals surface area contributed by atoms with Crippen molar-refractivity contribution in [2.75, 3.05) is 13.7 Å². The maximum atomic E-state index is 12.4. The van der Waals surface area contributed by atoms with Gasteiger partial charge in [-0.25, -0.2) is 0 Å². The molecule has 7 nitrogen and oxygen atoms in total. The number of nitrogens with one attached hydrogen (secondary N) is 1. The lowest BCUT2D eigenvalue weighted by Crippen LogP contribution is -2.25. The minimum Gasteiger partial charge on any atom is -0.469 e. The summed E-state index contributed by atoms with van der Waals surface area (Å²) < 4.78 is 4.61. The molecule has 1 heterocycles. The smallest absolute Gasteiger partial charge is 0.305 e. The second-order valence-electron chi connectivity index (χ2n) is 6.71. The van der Waals surface area contributed by atoms with E-state index < -0.39 is 0 Å². The Morgan fingerprint density at radius 3 is 2.52 bits per heavy atom. The van der Waals surface area contributed by atoms with E-state index in [1.165, 1.54) is 17.5 Å². The molecule has 0 saturated carbocycles. The first kappa shape index (κ1) is 20.6. The molecule has 1 amide bonds. The van der Waals surface area contributed by atoms with Gasteiger partial charge in [-0.2, -0.15) is 9.90 Å². The number of ether oxygens (including phenoxy) is 1. The summed E-state index contributed by atoms with van der Waals surface area (Å²) in [7, 11) is 1.40. The van der Waals surface area contributed by atoms with Crippen molar-refractivity contribution in [1.29, 1.82) is 0 Å². The minimum absolute atomic E-state index is 0.175. The molecule has 2 rings (SSSR count). The third kappa shape index (κ3) is 5.91. The quantitative estimate of drug-likeness (QED) is 0.540. The maximum Gasteiger partial charge on any atom is 0.305 e. The molecule has 0 saturated heterocycles. The molecule has 1 N–H and O–H groups in total. The molecule has 0 aliphatic carbocycles. The highest BCUT2D eigenvalue weighted by Gasteiger charge is 2.16. The molecule has 2 aromatic rings. The van der Waals surface area contributed by atoms with E-state index in [1.807, 2.05) is 26.0 Å². The number of benzene rings is 1. The van der Waals surface area contributed by atoms with Crippen LogP contribution in [-0.2, 0) is 9.53 Å². The van der Waals surface area contributed by atoms with Crippen molar-refractivity contribution in [3.8, 4) is 5.69 Å². The molecule has 0 radical (unpaired) electrons. The zero-order chi connectivity index (χ0) is 19.8. The molecular weight excluding hydrogens is 344 g/mol. The first-order valence-corrected chi connectivity index (χ1v) is 9.29. The maximum absolute atomic E-state index is 12.4. The van der Waals surface area contributed by atoms with E-state index in [9.17, 15) is 9.59 Å². The summed E-state index contributed by atoms with van der Waals surface area (Å²) in [6.07, 6.45) is 4.00. The molecule has 0 atom stereocenters. The van der Waals surface area contributed by atoms with Crippen LogP contribution in [0.15, 0.2) is 18.2 Å². The van der Waals surface area contributed by atoms with E-state index in [4.69, 9.17) is 0 Å². The van der Waals surface area contributed by atoms with Gasteiger partial charge in [0.05, 0.1) is 18.5 Å². The Morgan fingerprint density at radius 1 is 1.07 bits per heavy atom. The second-order valence-corrected chi connectivity index (χ2v) is 6.71. The Balaban J connectivity index is 1.83. The highest BCUT2D eigenvalue weighted by atomic mass is 16.5. The van der Waals surface area contributed by atoms with Crippen LogP contribution in [0.3, 0.4) is 0 Å². The first-order chi connectivity index (χ1) is 12.9.